The first kappa shape index (κ1) is 21.9. The van der Waals surface area contributed by atoms with E-state index in [1.54, 1.807) is 25.1 Å². The van der Waals surface area contributed by atoms with Crippen LogP contribution < -0.4 is 11.1 Å². The zero-order valence-electron chi connectivity index (χ0n) is 14.7. The summed E-state index contributed by atoms with van der Waals surface area (Å²) in [6, 6.07) is 7.18. The molecule has 0 saturated carbocycles. The maximum absolute atomic E-state index is 12.5. The number of ether oxygens (including phenoxy) is 1. The van der Waals surface area contributed by atoms with Gasteiger partial charge in [-0.05, 0) is 50.4 Å². The number of hydrogen-bond donors (Lipinski definition) is 2. The number of carbonyl (C=O) groups excluding carboxylic acids is 1. The summed E-state index contributed by atoms with van der Waals surface area (Å²) in [6.07, 6.45) is 3.05. The molecule has 0 bridgehead atoms. The summed E-state index contributed by atoms with van der Waals surface area (Å²) in [5.41, 5.74) is 6.71. The van der Waals surface area contributed by atoms with Gasteiger partial charge in [0, 0.05) is 6.26 Å². The lowest BCUT2D eigenvalue weighted by Gasteiger charge is -2.35. The molecule has 1 aliphatic heterocycles. The average molecular weight is 391 g/mol. The topological polar surface area (TPSA) is 98.5 Å². The van der Waals surface area contributed by atoms with Gasteiger partial charge in [0.1, 0.15) is 5.37 Å². The molecule has 6 nitrogen and oxygen atoms in total. The zero-order chi connectivity index (χ0) is 17.8. The second-order valence-electron chi connectivity index (χ2n) is 6.42. The molecule has 1 unspecified atom stereocenters. The number of nitrogens with two attached hydrogens (primary N) is 1. The number of esters is 1. The molecule has 25 heavy (non-hydrogen) atoms. The summed E-state index contributed by atoms with van der Waals surface area (Å²) in [6.45, 7) is 3.69. The van der Waals surface area contributed by atoms with E-state index in [2.05, 4.69) is 5.32 Å². The van der Waals surface area contributed by atoms with Crippen LogP contribution in [-0.2, 0) is 25.8 Å². The molecule has 142 valence electrons. The van der Waals surface area contributed by atoms with Gasteiger partial charge in [0.05, 0.1) is 12.0 Å². The van der Waals surface area contributed by atoms with Gasteiger partial charge in [0.2, 0.25) is 0 Å². The van der Waals surface area contributed by atoms with Gasteiger partial charge in [0.15, 0.2) is 9.84 Å². The number of sulfone groups is 1. The maximum Gasteiger partial charge on any atom is 0.312 e. The van der Waals surface area contributed by atoms with E-state index in [0.29, 0.717) is 31.4 Å². The predicted molar refractivity (Wildman–Crippen MR) is 100 cm³/mol. The molecule has 0 radical (unpaired) electrons. The van der Waals surface area contributed by atoms with Crippen LogP contribution in [-0.4, -0.2) is 40.3 Å². The van der Waals surface area contributed by atoms with Gasteiger partial charge in [-0.1, -0.05) is 24.3 Å². The first-order valence-corrected chi connectivity index (χ1v) is 10.2. The summed E-state index contributed by atoms with van der Waals surface area (Å²) >= 11 is 0. The van der Waals surface area contributed by atoms with Gasteiger partial charge in [-0.2, -0.15) is 0 Å². The standard InChI is InChI=1S/C17H26N2O4S.ClH/c1-3-23-16(20)17(7-9-19-10-8-17)12-13-5-4-6-14(11-13)15(18)24(2,21)22;/h4-6,11,15,19H,3,7-10,12,18H2,1-2H3;1H. The summed E-state index contributed by atoms with van der Waals surface area (Å²) < 4.78 is 28.7. The highest BCUT2D eigenvalue weighted by Crippen LogP contribution is 2.35. The van der Waals surface area contributed by atoms with Crippen molar-refractivity contribution in [3.05, 3.63) is 35.4 Å². The SMILES string of the molecule is CCOC(=O)C1(Cc2cccc(C(N)S(C)(=O)=O)c2)CCNCC1.Cl. The molecule has 1 atom stereocenters. The van der Waals surface area contributed by atoms with Crippen LogP contribution in [0.15, 0.2) is 24.3 Å². The Labute approximate surface area is 155 Å². The van der Waals surface area contributed by atoms with Crippen molar-refractivity contribution in [2.75, 3.05) is 26.0 Å². The number of carbonyl (C=O) groups is 1. The van der Waals surface area contributed by atoms with E-state index < -0.39 is 20.6 Å². The van der Waals surface area contributed by atoms with Gasteiger partial charge in [0.25, 0.3) is 0 Å². The Morgan fingerprint density at radius 3 is 2.56 bits per heavy atom. The fourth-order valence-electron chi connectivity index (χ4n) is 3.16. The fraction of sp³-hybridized carbons (Fsp3) is 0.588. The number of nitrogens with one attached hydrogen (secondary N) is 1. The molecule has 0 aliphatic carbocycles. The molecule has 1 aromatic rings. The summed E-state index contributed by atoms with van der Waals surface area (Å²) in [5, 5.41) is 2.21. The minimum absolute atomic E-state index is 0. The van der Waals surface area contributed by atoms with Crippen LogP contribution in [0.1, 0.15) is 36.3 Å². The van der Waals surface area contributed by atoms with E-state index in [1.165, 1.54) is 0 Å². The second-order valence-corrected chi connectivity index (χ2v) is 8.59. The molecule has 0 spiro atoms. The van der Waals surface area contributed by atoms with Gasteiger partial charge < -0.3 is 15.8 Å². The van der Waals surface area contributed by atoms with E-state index in [0.717, 1.165) is 24.9 Å². The van der Waals surface area contributed by atoms with Crippen molar-refractivity contribution in [3.8, 4) is 0 Å². The molecule has 8 heteroatoms. The molecule has 1 heterocycles. The molecule has 1 aliphatic rings. The lowest BCUT2D eigenvalue weighted by atomic mass is 9.74. The largest absolute Gasteiger partial charge is 0.466 e. The van der Waals surface area contributed by atoms with E-state index in [4.69, 9.17) is 10.5 Å². The van der Waals surface area contributed by atoms with Crippen LogP contribution in [0.4, 0.5) is 0 Å². The molecular formula is C17H27ClN2O4S. The lowest BCUT2D eigenvalue weighted by Crippen LogP contribution is -2.44. The van der Waals surface area contributed by atoms with Gasteiger partial charge in [-0.25, -0.2) is 8.42 Å². The molecule has 0 aromatic heterocycles. The second kappa shape index (κ2) is 8.98. The van der Waals surface area contributed by atoms with Gasteiger partial charge in [-0.15, -0.1) is 12.4 Å². The zero-order valence-corrected chi connectivity index (χ0v) is 16.3. The maximum atomic E-state index is 12.5. The van der Waals surface area contributed by atoms with Crippen LogP contribution in [0.25, 0.3) is 0 Å². The van der Waals surface area contributed by atoms with Crippen molar-refractivity contribution in [2.45, 2.75) is 31.6 Å². The third kappa shape index (κ3) is 5.41. The van der Waals surface area contributed by atoms with Crippen LogP contribution >= 0.6 is 12.4 Å². The van der Waals surface area contributed by atoms with Crippen molar-refractivity contribution in [1.82, 2.24) is 5.32 Å². The molecule has 1 aromatic carbocycles. The number of hydrogen-bond acceptors (Lipinski definition) is 6. The highest BCUT2D eigenvalue weighted by atomic mass is 35.5. The highest BCUT2D eigenvalue weighted by Gasteiger charge is 2.41. The summed E-state index contributed by atoms with van der Waals surface area (Å²) in [5.74, 6) is -0.177. The highest BCUT2D eigenvalue weighted by molar-refractivity contribution is 7.90. The summed E-state index contributed by atoms with van der Waals surface area (Å²) in [4.78, 5) is 12.5. The van der Waals surface area contributed by atoms with Crippen molar-refractivity contribution in [1.29, 1.82) is 0 Å². The van der Waals surface area contributed by atoms with Crippen LogP contribution in [0, 0.1) is 5.41 Å². The minimum Gasteiger partial charge on any atom is -0.466 e. The van der Waals surface area contributed by atoms with Crippen LogP contribution in [0.2, 0.25) is 0 Å². The van der Waals surface area contributed by atoms with Crippen molar-refractivity contribution in [3.63, 3.8) is 0 Å². The van der Waals surface area contributed by atoms with E-state index in [1.807, 2.05) is 6.07 Å². The van der Waals surface area contributed by atoms with E-state index >= 15 is 0 Å². The molecule has 3 N–H and O–H groups in total. The van der Waals surface area contributed by atoms with Crippen molar-refractivity contribution < 1.29 is 17.9 Å². The number of piperidine rings is 1. The first-order valence-electron chi connectivity index (χ1n) is 8.20. The Morgan fingerprint density at radius 2 is 2.00 bits per heavy atom. The Kier molecular flexibility index (Phi) is 7.87. The molecular weight excluding hydrogens is 364 g/mol. The number of benzene rings is 1. The molecule has 1 fully saturated rings. The number of halogens is 1. The third-order valence-corrected chi connectivity index (χ3v) is 5.75. The van der Waals surface area contributed by atoms with E-state index in [-0.39, 0.29) is 18.4 Å². The molecule has 0 amide bonds. The van der Waals surface area contributed by atoms with Gasteiger partial charge >= 0.3 is 5.97 Å². The normalized spacial score (nSPS) is 18.0. The monoisotopic (exact) mass is 390 g/mol. The predicted octanol–water partition coefficient (Wildman–Crippen LogP) is 1.59. The lowest BCUT2D eigenvalue weighted by molar-refractivity contribution is -0.157. The summed E-state index contributed by atoms with van der Waals surface area (Å²) in [7, 11) is -3.37. The van der Waals surface area contributed by atoms with Crippen molar-refractivity contribution >= 4 is 28.2 Å². The Balaban J connectivity index is 0.00000312. The fourth-order valence-corrected chi connectivity index (χ4v) is 3.80. The first-order chi connectivity index (χ1) is 11.3. The molecule has 2 rings (SSSR count). The Hall–Kier alpha value is -1.15. The van der Waals surface area contributed by atoms with Gasteiger partial charge in [-0.3, -0.25) is 4.79 Å². The quantitative estimate of drug-likeness (QED) is 0.715. The smallest absolute Gasteiger partial charge is 0.312 e. The average Bonchev–Trinajstić information content (AvgIpc) is 2.54. The Bertz CT molecular complexity index is 688. The third-order valence-electron chi connectivity index (χ3n) is 4.55. The number of rotatable bonds is 6. The van der Waals surface area contributed by atoms with Crippen molar-refractivity contribution in [2.24, 2.45) is 11.1 Å². The Morgan fingerprint density at radius 1 is 1.36 bits per heavy atom. The van der Waals surface area contributed by atoms with Crippen LogP contribution in [0.3, 0.4) is 0 Å². The van der Waals surface area contributed by atoms with E-state index in [9.17, 15) is 13.2 Å². The van der Waals surface area contributed by atoms with Crippen LogP contribution in [0.5, 0.6) is 0 Å². The molecule has 1 saturated heterocycles. The minimum atomic E-state index is -3.37.